The molecule has 2 fully saturated rings. The Morgan fingerprint density at radius 3 is 2.36 bits per heavy atom. The molecule has 0 spiro atoms. The molecule has 2 aliphatic rings. The van der Waals surface area contributed by atoms with Crippen LogP contribution < -0.4 is 5.73 Å². The first kappa shape index (κ1) is 20.6. The standard InChI is InChI=1S/C22H33N3O3/c1-16(2)20(23)21(26)24-12-10-17(11-13-24)14-25(19-8-9-19)22(27)28-15-18-6-4-3-5-7-18/h3-7,16-17,19-20H,8-15,23H2,1-2H3/t20-/m0/s1. The summed E-state index contributed by atoms with van der Waals surface area (Å²) in [5.74, 6) is 0.605. The number of likely N-dealkylation sites (tertiary alicyclic amines) is 1. The van der Waals surface area contributed by atoms with E-state index in [1.165, 1.54) is 0 Å². The van der Waals surface area contributed by atoms with Crippen LogP contribution in [0.15, 0.2) is 30.3 Å². The van der Waals surface area contributed by atoms with E-state index in [0.29, 0.717) is 18.6 Å². The number of ether oxygens (including phenoxy) is 1. The highest BCUT2D eigenvalue weighted by Crippen LogP contribution is 2.30. The van der Waals surface area contributed by atoms with Crippen LogP contribution in [0.5, 0.6) is 0 Å². The van der Waals surface area contributed by atoms with Crippen LogP contribution in [0.25, 0.3) is 0 Å². The lowest BCUT2D eigenvalue weighted by Crippen LogP contribution is -2.50. The van der Waals surface area contributed by atoms with Crippen molar-refractivity contribution < 1.29 is 14.3 Å². The van der Waals surface area contributed by atoms with E-state index in [4.69, 9.17) is 10.5 Å². The number of nitrogens with two attached hydrogens (primary N) is 1. The smallest absolute Gasteiger partial charge is 0.410 e. The van der Waals surface area contributed by atoms with Gasteiger partial charge in [0.25, 0.3) is 0 Å². The molecule has 6 heteroatoms. The number of carbonyl (C=O) groups is 2. The second-order valence-corrected chi connectivity index (χ2v) is 8.46. The van der Waals surface area contributed by atoms with E-state index >= 15 is 0 Å². The number of carbonyl (C=O) groups excluding carboxylic acids is 2. The second kappa shape index (κ2) is 9.41. The normalized spacial score (nSPS) is 18.8. The maximum atomic E-state index is 12.6. The Labute approximate surface area is 168 Å². The predicted octanol–water partition coefficient (Wildman–Crippen LogP) is 3.01. The first-order valence-corrected chi connectivity index (χ1v) is 10.5. The molecule has 0 bridgehead atoms. The Morgan fingerprint density at radius 2 is 1.79 bits per heavy atom. The van der Waals surface area contributed by atoms with E-state index in [0.717, 1.165) is 50.9 Å². The molecule has 1 aliphatic heterocycles. The second-order valence-electron chi connectivity index (χ2n) is 8.46. The summed E-state index contributed by atoms with van der Waals surface area (Å²) in [5, 5.41) is 0. The fourth-order valence-electron chi connectivity index (χ4n) is 3.67. The van der Waals surface area contributed by atoms with Crippen LogP contribution >= 0.6 is 0 Å². The quantitative estimate of drug-likeness (QED) is 0.780. The molecule has 0 radical (unpaired) electrons. The van der Waals surface area contributed by atoms with E-state index in [1.54, 1.807) is 0 Å². The molecule has 1 heterocycles. The summed E-state index contributed by atoms with van der Waals surface area (Å²) in [6.07, 6.45) is 3.71. The van der Waals surface area contributed by atoms with Gasteiger partial charge in [0.2, 0.25) is 5.91 Å². The summed E-state index contributed by atoms with van der Waals surface area (Å²) in [5.41, 5.74) is 7.01. The molecule has 1 saturated carbocycles. The molecular weight excluding hydrogens is 354 g/mol. The summed E-state index contributed by atoms with van der Waals surface area (Å²) in [7, 11) is 0. The zero-order valence-corrected chi connectivity index (χ0v) is 17.0. The van der Waals surface area contributed by atoms with E-state index in [9.17, 15) is 9.59 Å². The van der Waals surface area contributed by atoms with Crippen molar-refractivity contribution in [1.29, 1.82) is 0 Å². The van der Waals surface area contributed by atoms with Crippen LogP contribution in [-0.2, 0) is 16.1 Å². The molecule has 2 amide bonds. The molecule has 0 unspecified atom stereocenters. The van der Waals surface area contributed by atoms with Gasteiger partial charge >= 0.3 is 6.09 Å². The van der Waals surface area contributed by atoms with Crippen molar-refractivity contribution in [3.05, 3.63) is 35.9 Å². The summed E-state index contributed by atoms with van der Waals surface area (Å²) in [6, 6.07) is 9.66. The van der Waals surface area contributed by atoms with Crippen molar-refractivity contribution >= 4 is 12.0 Å². The molecule has 1 aromatic carbocycles. The molecule has 1 aromatic rings. The van der Waals surface area contributed by atoms with E-state index < -0.39 is 6.04 Å². The molecule has 3 rings (SSSR count). The van der Waals surface area contributed by atoms with Gasteiger partial charge in [0.15, 0.2) is 0 Å². The van der Waals surface area contributed by atoms with Gasteiger partial charge < -0.3 is 20.3 Å². The minimum atomic E-state index is -0.424. The first-order valence-electron chi connectivity index (χ1n) is 10.5. The van der Waals surface area contributed by atoms with Gasteiger partial charge in [-0.3, -0.25) is 4.79 Å². The number of hydrogen-bond donors (Lipinski definition) is 1. The first-order chi connectivity index (χ1) is 13.5. The average molecular weight is 388 g/mol. The topological polar surface area (TPSA) is 75.9 Å². The van der Waals surface area contributed by atoms with Crippen LogP contribution in [0.4, 0.5) is 4.79 Å². The molecule has 154 valence electrons. The van der Waals surface area contributed by atoms with Crippen LogP contribution in [0.2, 0.25) is 0 Å². The number of rotatable bonds is 7. The van der Waals surface area contributed by atoms with Crippen LogP contribution in [0, 0.1) is 11.8 Å². The van der Waals surface area contributed by atoms with Gasteiger partial charge in [-0.05, 0) is 43.1 Å². The molecule has 2 N–H and O–H groups in total. The summed E-state index contributed by atoms with van der Waals surface area (Å²) < 4.78 is 5.56. The zero-order chi connectivity index (χ0) is 20.1. The lowest BCUT2D eigenvalue weighted by atomic mass is 9.94. The average Bonchev–Trinajstić information content (AvgIpc) is 3.55. The molecule has 1 aliphatic carbocycles. The van der Waals surface area contributed by atoms with Crippen LogP contribution in [0.3, 0.4) is 0 Å². The summed E-state index contributed by atoms with van der Waals surface area (Å²) >= 11 is 0. The maximum absolute atomic E-state index is 12.6. The number of piperidine rings is 1. The lowest BCUT2D eigenvalue weighted by molar-refractivity contribution is -0.135. The van der Waals surface area contributed by atoms with Gasteiger partial charge in [-0.2, -0.15) is 0 Å². The number of hydrogen-bond acceptors (Lipinski definition) is 4. The van der Waals surface area contributed by atoms with Crippen molar-refractivity contribution in [2.45, 2.75) is 58.2 Å². The van der Waals surface area contributed by atoms with Gasteiger partial charge in [0, 0.05) is 25.7 Å². The van der Waals surface area contributed by atoms with Crippen molar-refractivity contribution in [1.82, 2.24) is 9.80 Å². The maximum Gasteiger partial charge on any atom is 0.410 e. The van der Waals surface area contributed by atoms with Crippen molar-refractivity contribution in [3.8, 4) is 0 Å². The highest BCUT2D eigenvalue weighted by Gasteiger charge is 2.36. The SMILES string of the molecule is CC(C)[C@H](N)C(=O)N1CCC(CN(C(=O)OCc2ccccc2)C2CC2)CC1. The highest BCUT2D eigenvalue weighted by molar-refractivity contribution is 5.82. The highest BCUT2D eigenvalue weighted by atomic mass is 16.6. The fraction of sp³-hybridized carbons (Fsp3) is 0.636. The van der Waals surface area contributed by atoms with E-state index in [2.05, 4.69) is 0 Å². The van der Waals surface area contributed by atoms with Crippen LogP contribution in [0.1, 0.15) is 45.1 Å². The Kier molecular flexibility index (Phi) is 6.94. The number of amides is 2. The predicted molar refractivity (Wildman–Crippen MR) is 108 cm³/mol. The third kappa shape index (κ3) is 5.47. The number of benzene rings is 1. The van der Waals surface area contributed by atoms with Crippen molar-refractivity contribution in [3.63, 3.8) is 0 Å². The molecule has 1 saturated heterocycles. The molecule has 0 aromatic heterocycles. The van der Waals surface area contributed by atoms with Crippen molar-refractivity contribution in [2.75, 3.05) is 19.6 Å². The van der Waals surface area contributed by atoms with E-state index in [1.807, 2.05) is 54.0 Å². The van der Waals surface area contributed by atoms with Gasteiger partial charge in [-0.25, -0.2) is 4.79 Å². The molecule has 28 heavy (non-hydrogen) atoms. The van der Waals surface area contributed by atoms with Crippen LogP contribution in [-0.4, -0.2) is 53.5 Å². The van der Waals surface area contributed by atoms with Gasteiger partial charge in [0.1, 0.15) is 6.61 Å². The minimum absolute atomic E-state index is 0.0507. The zero-order valence-electron chi connectivity index (χ0n) is 17.0. The molecule has 6 nitrogen and oxygen atoms in total. The summed E-state index contributed by atoms with van der Waals surface area (Å²) in [6.45, 7) is 6.43. The summed E-state index contributed by atoms with van der Waals surface area (Å²) in [4.78, 5) is 28.9. The molecular formula is C22H33N3O3. The monoisotopic (exact) mass is 387 g/mol. The Hall–Kier alpha value is -2.08. The van der Waals surface area contributed by atoms with Crippen molar-refractivity contribution in [2.24, 2.45) is 17.6 Å². The third-order valence-electron chi connectivity index (χ3n) is 5.81. The third-order valence-corrected chi connectivity index (χ3v) is 5.81. The lowest BCUT2D eigenvalue weighted by Gasteiger charge is -2.36. The minimum Gasteiger partial charge on any atom is -0.445 e. The number of nitrogens with zero attached hydrogens (tertiary/aromatic N) is 2. The molecule has 1 atom stereocenters. The van der Waals surface area contributed by atoms with Gasteiger partial charge in [0.05, 0.1) is 6.04 Å². The van der Waals surface area contributed by atoms with Gasteiger partial charge in [-0.15, -0.1) is 0 Å². The largest absolute Gasteiger partial charge is 0.445 e. The van der Waals surface area contributed by atoms with Gasteiger partial charge in [-0.1, -0.05) is 44.2 Å². The van der Waals surface area contributed by atoms with E-state index in [-0.39, 0.29) is 17.9 Å². The Morgan fingerprint density at radius 1 is 1.14 bits per heavy atom. The fourth-order valence-corrected chi connectivity index (χ4v) is 3.67. The Balaban J connectivity index is 1.47. The Bertz CT molecular complexity index is 652.